The van der Waals surface area contributed by atoms with E-state index in [4.69, 9.17) is 5.11 Å². The van der Waals surface area contributed by atoms with Crippen molar-refractivity contribution in [2.75, 3.05) is 6.61 Å². The average molecular weight is 269 g/mol. The molecule has 102 valence electrons. The molecular formula is C15H15N3O2. The highest BCUT2D eigenvalue weighted by Crippen LogP contribution is 2.17. The molecule has 5 heteroatoms. The van der Waals surface area contributed by atoms with Crippen LogP contribution in [0.5, 0.6) is 0 Å². The minimum Gasteiger partial charge on any atom is -0.396 e. The van der Waals surface area contributed by atoms with Crippen molar-refractivity contribution in [1.82, 2.24) is 14.6 Å². The third-order valence-corrected chi connectivity index (χ3v) is 3.25. The van der Waals surface area contributed by atoms with Crippen LogP contribution in [0.1, 0.15) is 12.0 Å². The molecule has 0 aliphatic heterocycles. The van der Waals surface area contributed by atoms with Gasteiger partial charge in [0.1, 0.15) is 0 Å². The predicted molar refractivity (Wildman–Crippen MR) is 76.7 cm³/mol. The van der Waals surface area contributed by atoms with E-state index in [0.717, 1.165) is 11.3 Å². The van der Waals surface area contributed by atoms with Crippen LogP contribution in [0, 0.1) is 0 Å². The van der Waals surface area contributed by atoms with Crippen LogP contribution >= 0.6 is 0 Å². The highest BCUT2D eigenvalue weighted by molar-refractivity contribution is 5.63. The number of aliphatic hydroxyl groups is 1. The maximum atomic E-state index is 12.3. The molecule has 2 aromatic heterocycles. The van der Waals surface area contributed by atoms with Crippen molar-refractivity contribution in [3.8, 4) is 11.3 Å². The molecule has 0 fully saturated rings. The molecule has 2 N–H and O–H groups in total. The number of fused-ring (bicyclic) bond motifs is 1. The molecule has 0 bridgehead atoms. The first kappa shape index (κ1) is 12.6. The second-order valence-corrected chi connectivity index (χ2v) is 4.65. The van der Waals surface area contributed by atoms with E-state index in [1.165, 1.54) is 4.52 Å². The van der Waals surface area contributed by atoms with Gasteiger partial charge in [0.05, 0.1) is 5.69 Å². The van der Waals surface area contributed by atoms with Crippen LogP contribution in [-0.2, 0) is 6.42 Å². The fourth-order valence-electron chi connectivity index (χ4n) is 2.20. The number of hydrogen-bond donors (Lipinski definition) is 2. The Bertz CT molecular complexity index is 775. The average Bonchev–Trinajstić information content (AvgIpc) is 2.93. The number of hydrogen-bond acceptors (Lipinski definition) is 3. The van der Waals surface area contributed by atoms with Crippen LogP contribution in [-0.4, -0.2) is 26.3 Å². The van der Waals surface area contributed by atoms with Gasteiger partial charge in [0.2, 0.25) is 0 Å². The highest BCUT2D eigenvalue weighted by atomic mass is 16.2. The molecule has 0 saturated heterocycles. The third-order valence-electron chi connectivity index (χ3n) is 3.25. The Kier molecular flexibility index (Phi) is 3.35. The Balaban J connectivity index is 2.08. The summed E-state index contributed by atoms with van der Waals surface area (Å²) < 4.78 is 1.45. The topological polar surface area (TPSA) is 70.4 Å². The van der Waals surface area contributed by atoms with E-state index in [2.05, 4.69) is 10.1 Å². The van der Waals surface area contributed by atoms with E-state index in [1.54, 1.807) is 6.20 Å². The van der Waals surface area contributed by atoms with Crippen molar-refractivity contribution in [1.29, 1.82) is 0 Å². The summed E-state index contributed by atoms with van der Waals surface area (Å²) in [6, 6.07) is 11.6. The number of H-pyrrole nitrogens is 1. The first-order valence-corrected chi connectivity index (χ1v) is 6.55. The fourth-order valence-corrected chi connectivity index (χ4v) is 2.20. The summed E-state index contributed by atoms with van der Waals surface area (Å²) in [5.41, 5.74) is 2.97. The number of rotatable bonds is 4. The van der Waals surface area contributed by atoms with Crippen molar-refractivity contribution < 1.29 is 5.11 Å². The minimum atomic E-state index is -0.106. The summed E-state index contributed by atoms with van der Waals surface area (Å²) in [5, 5.41) is 11.9. The molecule has 3 rings (SSSR count). The van der Waals surface area contributed by atoms with Crippen LogP contribution in [0.2, 0.25) is 0 Å². The van der Waals surface area contributed by atoms with E-state index >= 15 is 0 Å². The SMILES string of the molecule is O=c1c(CCCO)cnc2cc(-c3ccccc3)[nH]n12. The van der Waals surface area contributed by atoms with Crippen molar-refractivity contribution in [2.24, 2.45) is 0 Å². The lowest BCUT2D eigenvalue weighted by atomic mass is 10.2. The predicted octanol–water partition coefficient (Wildman–Crippen LogP) is 1.61. The van der Waals surface area contributed by atoms with Gasteiger partial charge in [-0.1, -0.05) is 30.3 Å². The summed E-state index contributed by atoms with van der Waals surface area (Å²) in [7, 11) is 0. The minimum absolute atomic E-state index is 0.0716. The Morgan fingerprint density at radius 1 is 1.25 bits per heavy atom. The highest BCUT2D eigenvalue weighted by Gasteiger charge is 2.08. The summed E-state index contributed by atoms with van der Waals surface area (Å²) >= 11 is 0. The van der Waals surface area contributed by atoms with Crippen LogP contribution in [0.3, 0.4) is 0 Å². The second kappa shape index (κ2) is 5.30. The van der Waals surface area contributed by atoms with E-state index in [1.807, 2.05) is 36.4 Å². The van der Waals surface area contributed by atoms with Gasteiger partial charge in [-0.2, -0.15) is 0 Å². The van der Waals surface area contributed by atoms with Crippen LogP contribution in [0.15, 0.2) is 47.4 Å². The number of aromatic amines is 1. The molecule has 1 aromatic carbocycles. The molecule has 0 aliphatic carbocycles. The number of nitrogens with one attached hydrogen (secondary N) is 1. The molecule has 20 heavy (non-hydrogen) atoms. The second-order valence-electron chi connectivity index (χ2n) is 4.65. The quantitative estimate of drug-likeness (QED) is 0.756. The van der Waals surface area contributed by atoms with Gasteiger partial charge < -0.3 is 5.11 Å². The van der Waals surface area contributed by atoms with Gasteiger partial charge >= 0.3 is 0 Å². The molecule has 0 amide bonds. The van der Waals surface area contributed by atoms with E-state index in [9.17, 15) is 4.79 Å². The van der Waals surface area contributed by atoms with Gasteiger partial charge in [0.25, 0.3) is 5.56 Å². The lowest BCUT2D eigenvalue weighted by Crippen LogP contribution is -2.19. The molecule has 5 nitrogen and oxygen atoms in total. The van der Waals surface area contributed by atoms with E-state index in [-0.39, 0.29) is 12.2 Å². The van der Waals surface area contributed by atoms with Crippen molar-refractivity contribution in [2.45, 2.75) is 12.8 Å². The smallest absolute Gasteiger partial charge is 0.275 e. The zero-order chi connectivity index (χ0) is 13.9. The lowest BCUT2D eigenvalue weighted by Gasteiger charge is -1.99. The fraction of sp³-hybridized carbons (Fsp3) is 0.200. The van der Waals surface area contributed by atoms with Gasteiger partial charge in [-0.15, -0.1) is 0 Å². The summed E-state index contributed by atoms with van der Waals surface area (Å²) in [4.78, 5) is 16.6. The Morgan fingerprint density at radius 2 is 2.05 bits per heavy atom. The maximum Gasteiger partial charge on any atom is 0.275 e. The first-order valence-electron chi connectivity index (χ1n) is 6.55. The maximum absolute atomic E-state index is 12.3. The molecule has 0 saturated carbocycles. The van der Waals surface area contributed by atoms with Gasteiger partial charge in [-0.05, 0) is 18.4 Å². The third kappa shape index (κ3) is 2.23. The molecule has 0 spiro atoms. The molecule has 0 atom stereocenters. The number of aliphatic hydroxyl groups excluding tert-OH is 1. The molecule has 0 radical (unpaired) electrons. The Labute approximate surface area is 115 Å². The van der Waals surface area contributed by atoms with Crippen LogP contribution < -0.4 is 5.56 Å². The zero-order valence-corrected chi connectivity index (χ0v) is 10.9. The van der Waals surface area contributed by atoms with Gasteiger partial charge in [0.15, 0.2) is 5.65 Å². The number of aryl methyl sites for hydroxylation is 1. The van der Waals surface area contributed by atoms with Crippen LogP contribution in [0.25, 0.3) is 16.9 Å². The molecule has 3 aromatic rings. The van der Waals surface area contributed by atoms with Gasteiger partial charge in [-0.3, -0.25) is 9.89 Å². The van der Waals surface area contributed by atoms with Crippen molar-refractivity contribution in [3.63, 3.8) is 0 Å². The normalized spacial score (nSPS) is 11.1. The number of aromatic nitrogens is 3. The summed E-state index contributed by atoms with van der Waals surface area (Å²) in [6.07, 6.45) is 2.69. The van der Waals surface area contributed by atoms with Gasteiger partial charge in [-0.25, -0.2) is 9.50 Å². The van der Waals surface area contributed by atoms with Crippen molar-refractivity contribution in [3.05, 3.63) is 58.5 Å². The standard InChI is InChI=1S/C15H15N3O2/c19-8-4-7-12-10-16-14-9-13(17-18(14)15(12)20)11-5-2-1-3-6-11/h1-3,5-6,9-10,17,19H,4,7-8H2. The largest absolute Gasteiger partial charge is 0.396 e. The Morgan fingerprint density at radius 3 is 2.80 bits per heavy atom. The lowest BCUT2D eigenvalue weighted by molar-refractivity contribution is 0.288. The van der Waals surface area contributed by atoms with Crippen LogP contribution in [0.4, 0.5) is 0 Å². The van der Waals surface area contributed by atoms with E-state index in [0.29, 0.717) is 24.1 Å². The summed E-state index contributed by atoms with van der Waals surface area (Å²) in [5.74, 6) is 0. The van der Waals surface area contributed by atoms with Crippen molar-refractivity contribution >= 4 is 5.65 Å². The molecule has 2 heterocycles. The zero-order valence-electron chi connectivity index (χ0n) is 10.9. The Hall–Kier alpha value is -2.40. The molecule has 0 aliphatic rings. The number of nitrogens with zero attached hydrogens (tertiary/aromatic N) is 2. The first-order chi connectivity index (χ1) is 9.79. The number of benzene rings is 1. The van der Waals surface area contributed by atoms with E-state index < -0.39 is 0 Å². The molecular weight excluding hydrogens is 254 g/mol. The monoisotopic (exact) mass is 269 g/mol. The molecule has 0 unspecified atom stereocenters. The summed E-state index contributed by atoms with van der Waals surface area (Å²) in [6.45, 7) is 0.0716. The van der Waals surface area contributed by atoms with Gasteiger partial charge in [0, 0.05) is 24.4 Å².